The summed E-state index contributed by atoms with van der Waals surface area (Å²) >= 11 is 0. The molecular formula is C8H11F3N4O3. The molecule has 0 saturated heterocycles. The lowest BCUT2D eigenvalue weighted by Gasteiger charge is -2.08. The fourth-order valence-electron chi connectivity index (χ4n) is 0.669. The topological polar surface area (TPSA) is 113 Å². The Hall–Kier alpha value is -2.26. The van der Waals surface area contributed by atoms with Gasteiger partial charge in [-0.1, -0.05) is 0 Å². The predicted molar refractivity (Wildman–Crippen MR) is 53.9 cm³/mol. The molecule has 1 aromatic heterocycles. The first-order valence-corrected chi connectivity index (χ1v) is 4.35. The maximum atomic E-state index is 11.7. The van der Waals surface area contributed by atoms with E-state index in [9.17, 15) is 13.2 Å². The largest absolute Gasteiger partial charge is 0.481 e. The number of nitrogens with zero attached hydrogens (tertiary/aromatic N) is 2. The molecule has 18 heavy (non-hydrogen) atoms. The van der Waals surface area contributed by atoms with Crippen LogP contribution in [-0.2, 0) is 0 Å². The standard InChI is InChI=1S/C7H7F3N2O2.CH4N2O/c1-13-5-2-6(12-4-11-5)14-3-7(8,9)10;2-1(3)4/h2,4H,3H2,1H3;(H4,2,3,4). The van der Waals surface area contributed by atoms with Gasteiger partial charge in [-0.25, -0.2) is 14.8 Å². The van der Waals surface area contributed by atoms with Crippen molar-refractivity contribution in [3.63, 3.8) is 0 Å². The molecule has 0 aliphatic carbocycles. The average Bonchev–Trinajstić information content (AvgIpc) is 2.25. The minimum Gasteiger partial charge on any atom is -0.481 e. The van der Waals surface area contributed by atoms with Crippen molar-refractivity contribution in [1.82, 2.24) is 9.97 Å². The van der Waals surface area contributed by atoms with E-state index in [1.54, 1.807) is 0 Å². The highest BCUT2D eigenvalue weighted by Crippen LogP contribution is 2.18. The van der Waals surface area contributed by atoms with Crippen LogP contribution in [0.15, 0.2) is 12.4 Å². The van der Waals surface area contributed by atoms with Crippen LogP contribution in [0.2, 0.25) is 0 Å². The third kappa shape index (κ3) is 9.00. The van der Waals surface area contributed by atoms with Gasteiger partial charge in [-0.15, -0.1) is 0 Å². The van der Waals surface area contributed by atoms with Gasteiger partial charge in [0.05, 0.1) is 13.2 Å². The number of carbonyl (C=O) groups excluding carboxylic acids is 1. The number of urea groups is 1. The molecule has 1 aromatic rings. The Morgan fingerprint density at radius 1 is 1.33 bits per heavy atom. The van der Waals surface area contributed by atoms with Crippen LogP contribution in [0.5, 0.6) is 11.8 Å². The van der Waals surface area contributed by atoms with Crippen molar-refractivity contribution in [2.75, 3.05) is 13.7 Å². The van der Waals surface area contributed by atoms with E-state index in [0.717, 1.165) is 6.33 Å². The van der Waals surface area contributed by atoms with Crippen molar-refractivity contribution in [2.45, 2.75) is 6.18 Å². The molecular weight excluding hydrogens is 257 g/mol. The van der Waals surface area contributed by atoms with Crippen LogP contribution in [-0.4, -0.2) is 35.9 Å². The van der Waals surface area contributed by atoms with E-state index in [1.807, 2.05) is 0 Å². The fourth-order valence-corrected chi connectivity index (χ4v) is 0.669. The predicted octanol–water partition coefficient (Wildman–Crippen LogP) is 0.450. The second-order valence-electron chi connectivity index (χ2n) is 2.70. The lowest BCUT2D eigenvalue weighted by Crippen LogP contribution is -2.19. The van der Waals surface area contributed by atoms with Crippen molar-refractivity contribution >= 4 is 6.03 Å². The van der Waals surface area contributed by atoms with Gasteiger partial charge in [0.2, 0.25) is 11.8 Å². The second kappa shape index (κ2) is 7.14. The van der Waals surface area contributed by atoms with Gasteiger partial charge < -0.3 is 20.9 Å². The number of methoxy groups -OCH3 is 1. The molecule has 4 N–H and O–H groups in total. The second-order valence-corrected chi connectivity index (χ2v) is 2.70. The van der Waals surface area contributed by atoms with Gasteiger partial charge >= 0.3 is 12.2 Å². The normalized spacial score (nSPS) is 10.0. The molecule has 0 aliphatic heterocycles. The first-order valence-electron chi connectivity index (χ1n) is 4.35. The SMILES string of the molecule is COc1cc(OCC(F)(F)F)ncn1.NC(N)=O. The highest BCUT2D eigenvalue weighted by Gasteiger charge is 2.28. The molecule has 0 aromatic carbocycles. The van der Waals surface area contributed by atoms with Crippen molar-refractivity contribution in [2.24, 2.45) is 11.5 Å². The van der Waals surface area contributed by atoms with Gasteiger partial charge in [0.1, 0.15) is 6.33 Å². The van der Waals surface area contributed by atoms with E-state index in [4.69, 9.17) is 4.79 Å². The zero-order valence-corrected chi connectivity index (χ0v) is 9.27. The van der Waals surface area contributed by atoms with E-state index in [-0.39, 0.29) is 11.8 Å². The van der Waals surface area contributed by atoms with Crippen LogP contribution < -0.4 is 20.9 Å². The van der Waals surface area contributed by atoms with Crippen molar-refractivity contribution in [3.05, 3.63) is 12.4 Å². The quantitative estimate of drug-likeness (QED) is 0.826. The molecule has 10 heteroatoms. The minimum atomic E-state index is -4.38. The first-order chi connectivity index (χ1) is 8.24. The number of amides is 2. The summed E-state index contributed by atoms with van der Waals surface area (Å²) in [5.41, 5.74) is 8.50. The fraction of sp³-hybridized carbons (Fsp3) is 0.375. The zero-order valence-electron chi connectivity index (χ0n) is 9.27. The molecule has 1 heterocycles. The van der Waals surface area contributed by atoms with Crippen molar-refractivity contribution in [1.29, 1.82) is 0 Å². The number of alkyl halides is 3. The van der Waals surface area contributed by atoms with Crippen LogP contribution in [0.3, 0.4) is 0 Å². The molecule has 7 nitrogen and oxygen atoms in total. The summed E-state index contributed by atoms with van der Waals surface area (Å²) in [7, 11) is 1.34. The molecule has 0 atom stereocenters. The van der Waals surface area contributed by atoms with E-state index in [2.05, 4.69) is 30.9 Å². The Morgan fingerprint density at radius 2 is 1.83 bits per heavy atom. The molecule has 0 fully saturated rings. The van der Waals surface area contributed by atoms with Gasteiger partial charge in [0, 0.05) is 0 Å². The van der Waals surface area contributed by atoms with Gasteiger partial charge in [0.25, 0.3) is 0 Å². The summed E-state index contributed by atoms with van der Waals surface area (Å²) in [6, 6.07) is 0.339. The highest BCUT2D eigenvalue weighted by atomic mass is 19.4. The molecule has 0 aliphatic rings. The minimum absolute atomic E-state index is 0.150. The summed E-state index contributed by atoms with van der Waals surface area (Å²) in [4.78, 5) is 16.1. The summed E-state index contributed by atoms with van der Waals surface area (Å²) in [6.07, 6.45) is -3.32. The Bertz CT molecular complexity index is 382. The summed E-state index contributed by atoms with van der Waals surface area (Å²) in [5.74, 6) is -0.0219. The van der Waals surface area contributed by atoms with E-state index in [0.29, 0.717) is 0 Å². The number of nitrogens with two attached hydrogens (primary N) is 2. The summed E-state index contributed by atoms with van der Waals surface area (Å²) < 4.78 is 44.2. The number of rotatable bonds is 3. The van der Waals surface area contributed by atoms with Gasteiger partial charge in [-0.2, -0.15) is 13.2 Å². The molecule has 0 radical (unpaired) electrons. The lowest BCUT2D eigenvalue weighted by atomic mass is 10.6. The van der Waals surface area contributed by atoms with Crippen LogP contribution in [0.4, 0.5) is 18.0 Å². The highest BCUT2D eigenvalue weighted by molar-refractivity contribution is 5.69. The van der Waals surface area contributed by atoms with Crippen LogP contribution in [0.1, 0.15) is 0 Å². The number of aromatic nitrogens is 2. The van der Waals surface area contributed by atoms with Gasteiger partial charge in [-0.3, -0.25) is 0 Å². The number of hydrogen-bond donors (Lipinski definition) is 2. The number of halogens is 3. The van der Waals surface area contributed by atoms with Gasteiger partial charge in [0.15, 0.2) is 6.61 Å². The number of hydrogen-bond acceptors (Lipinski definition) is 5. The number of ether oxygens (including phenoxy) is 2. The van der Waals surface area contributed by atoms with Crippen molar-refractivity contribution < 1.29 is 27.4 Å². The molecule has 2 amide bonds. The Balaban J connectivity index is 0.000000631. The maximum absolute atomic E-state index is 11.7. The molecule has 0 spiro atoms. The van der Waals surface area contributed by atoms with Crippen molar-refractivity contribution in [3.8, 4) is 11.8 Å². The zero-order chi connectivity index (χ0) is 14.2. The monoisotopic (exact) mass is 268 g/mol. The average molecular weight is 268 g/mol. The Labute approximate surface area is 99.9 Å². The molecule has 102 valence electrons. The third-order valence-electron chi connectivity index (χ3n) is 1.21. The van der Waals surface area contributed by atoms with Crippen LogP contribution in [0.25, 0.3) is 0 Å². The summed E-state index contributed by atoms with van der Waals surface area (Å²) in [5, 5.41) is 0. The summed E-state index contributed by atoms with van der Waals surface area (Å²) in [6.45, 7) is -1.38. The number of carbonyl (C=O) groups is 1. The molecule has 0 saturated carbocycles. The van der Waals surface area contributed by atoms with E-state index in [1.165, 1.54) is 13.2 Å². The van der Waals surface area contributed by atoms with E-state index < -0.39 is 18.8 Å². The molecule has 0 bridgehead atoms. The lowest BCUT2D eigenvalue weighted by molar-refractivity contribution is -0.154. The number of primary amides is 2. The van der Waals surface area contributed by atoms with Gasteiger partial charge in [-0.05, 0) is 0 Å². The smallest absolute Gasteiger partial charge is 0.422 e. The maximum Gasteiger partial charge on any atom is 0.422 e. The molecule has 1 rings (SSSR count). The third-order valence-corrected chi connectivity index (χ3v) is 1.21. The first kappa shape index (κ1) is 15.7. The Morgan fingerprint density at radius 3 is 2.28 bits per heavy atom. The van der Waals surface area contributed by atoms with Crippen LogP contribution >= 0.6 is 0 Å². The molecule has 0 unspecified atom stereocenters. The Kier molecular flexibility index (Phi) is 6.24. The van der Waals surface area contributed by atoms with E-state index >= 15 is 0 Å². The van der Waals surface area contributed by atoms with Crippen LogP contribution in [0, 0.1) is 0 Å².